The van der Waals surface area contributed by atoms with Crippen LogP contribution < -0.4 is 5.32 Å². The Kier molecular flexibility index (Phi) is 5.05. The van der Waals surface area contributed by atoms with Crippen LogP contribution in [0.25, 0.3) is 0 Å². The average Bonchev–Trinajstić information content (AvgIpc) is 2.88. The van der Waals surface area contributed by atoms with Crippen molar-refractivity contribution in [1.82, 2.24) is 0 Å². The normalized spacial score (nSPS) is 18.0. The van der Waals surface area contributed by atoms with Crippen molar-refractivity contribution in [2.45, 2.75) is 6.42 Å². The van der Waals surface area contributed by atoms with Crippen LogP contribution in [0, 0.1) is 5.92 Å². The first-order valence-corrected chi connectivity index (χ1v) is 7.01. The molecule has 1 saturated heterocycles. The molecule has 1 fully saturated rings. The molecule has 6 nitrogen and oxygen atoms in total. The van der Waals surface area contributed by atoms with Crippen molar-refractivity contribution >= 4 is 46.5 Å². The summed E-state index contributed by atoms with van der Waals surface area (Å²) in [6.07, 6.45) is 0.933. The number of carbonyl (C=O) groups is 3. The average molecular weight is 344 g/mol. The number of halogens is 2. The van der Waals surface area contributed by atoms with Gasteiger partial charge in [-0.3, -0.25) is 14.4 Å². The molecule has 0 bridgehead atoms. The van der Waals surface area contributed by atoms with Gasteiger partial charge in [0.1, 0.15) is 5.92 Å². The van der Waals surface area contributed by atoms with Crippen LogP contribution in [-0.2, 0) is 19.1 Å². The molecule has 0 spiro atoms. The van der Waals surface area contributed by atoms with Gasteiger partial charge in [0.25, 0.3) is 5.91 Å². The van der Waals surface area contributed by atoms with Crippen molar-refractivity contribution in [3.05, 3.63) is 40.1 Å². The molecule has 1 aliphatic heterocycles. The highest BCUT2D eigenvalue weighted by Crippen LogP contribution is 2.25. The van der Waals surface area contributed by atoms with Crippen molar-refractivity contribution < 1.29 is 24.2 Å². The van der Waals surface area contributed by atoms with Crippen LogP contribution in [0.15, 0.2) is 30.0 Å². The van der Waals surface area contributed by atoms with Gasteiger partial charge in [0.05, 0.1) is 17.3 Å². The summed E-state index contributed by atoms with van der Waals surface area (Å²) in [5.41, 5.74) is 0.226. The van der Waals surface area contributed by atoms with E-state index in [1.165, 1.54) is 18.2 Å². The smallest absolute Gasteiger partial charge is 0.316 e. The van der Waals surface area contributed by atoms with Crippen molar-refractivity contribution in [1.29, 1.82) is 0 Å². The predicted octanol–water partition coefficient (Wildman–Crippen LogP) is 2.51. The highest BCUT2D eigenvalue weighted by Gasteiger charge is 2.32. The predicted molar refractivity (Wildman–Crippen MR) is 79.9 cm³/mol. The highest BCUT2D eigenvalue weighted by molar-refractivity contribution is 6.36. The number of nitrogens with one attached hydrogen (secondary N) is 1. The third-order valence-corrected chi connectivity index (χ3v) is 3.52. The molecule has 1 amide bonds. The summed E-state index contributed by atoms with van der Waals surface area (Å²) in [6.45, 7) is 0.149. The van der Waals surface area contributed by atoms with Gasteiger partial charge in [-0.05, 0) is 18.2 Å². The lowest BCUT2D eigenvalue weighted by Crippen LogP contribution is -2.20. The maximum Gasteiger partial charge on any atom is 0.316 e. The molecule has 0 aromatic heterocycles. The van der Waals surface area contributed by atoms with Gasteiger partial charge in [-0.1, -0.05) is 23.2 Å². The van der Waals surface area contributed by atoms with E-state index in [1.54, 1.807) is 0 Å². The molecular formula is C14H11Cl2NO5. The maximum absolute atomic E-state index is 11.8. The molecule has 8 heteroatoms. The number of cyclic esters (lactones) is 1. The van der Waals surface area contributed by atoms with Crippen molar-refractivity contribution in [2.75, 3.05) is 11.9 Å². The molecule has 0 radical (unpaired) electrons. The second-order valence-electron chi connectivity index (χ2n) is 4.52. The first-order chi connectivity index (χ1) is 10.4. The number of allylic oxidation sites excluding steroid dienone is 1. The number of esters is 1. The summed E-state index contributed by atoms with van der Waals surface area (Å²) in [7, 11) is 0. The monoisotopic (exact) mass is 343 g/mol. The molecule has 1 aromatic rings. The second-order valence-corrected chi connectivity index (χ2v) is 5.36. The molecule has 0 aliphatic carbocycles. The molecular weight excluding hydrogens is 333 g/mol. The fourth-order valence-electron chi connectivity index (χ4n) is 1.83. The lowest BCUT2D eigenvalue weighted by molar-refractivity contribution is -0.143. The SMILES string of the molecule is O=C(Nc1ccc(Cl)cc1Cl)/C(O)=C\C(=O)[C@@H]1CCOC1=O. The zero-order valence-electron chi connectivity index (χ0n) is 11.1. The van der Waals surface area contributed by atoms with Crippen LogP contribution in [0.5, 0.6) is 0 Å². The third kappa shape index (κ3) is 3.78. The number of ether oxygens (including phenoxy) is 1. The highest BCUT2D eigenvalue weighted by atomic mass is 35.5. The van der Waals surface area contributed by atoms with Gasteiger partial charge < -0.3 is 15.2 Å². The van der Waals surface area contributed by atoms with Gasteiger partial charge >= 0.3 is 5.97 Å². The summed E-state index contributed by atoms with van der Waals surface area (Å²) < 4.78 is 4.65. The molecule has 1 heterocycles. The topological polar surface area (TPSA) is 92.7 Å². The molecule has 0 saturated carbocycles. The largest absolute Gasteiger partial charge is 0.503 e. The Bertz CT molecular complexity index is 671. The third-order valence-electron chi connectivity index (χ3n) is 2.97. The van der Waals surface area contributed by atoms with E-state index < -0.39 is 29.3 Å². The fraction of sp³-hybridized carbons (Fsp3) is 0.214. The number of amides is 1. The fourth-order valence-corrected chi connectivity index (χ4v) is 2.29. The number of hydrogen-bond donors (Lipinski definition) is 2. The lowest BCUT2D eigenvalue weighted by atomic mass is 10.0. The first-order valence-electron chi connectivity index (χ1n) is 6.26. The molecule has 1 aliphatic rings. The Morgan fingerprint density at radius 3 is 2.68 bits per heavy atom. The van der Waals surface area contributed by atoms with Crippen molar-refractivity contribution in [3.63, 3.8) is 0 Å². The van der Waals surface area contributed by atoms with Crippen LogP contribution in [0.1, 0.15) is 6.42 Å². The maximum atomic E-state index is 11.8. The van der Waals surface area contributed by atoms with Crippen LogP contribution in [-0.4, -0.2) is 29.4 Å². The summed E-state index contributed by atoms with van der Waals surface area (Å²) in [5, 5.41) is 12.5. The summed E-state index contributed by atoms with van der Waals surface area (Å²) in [4.78, 5) is 34.8. The van der Waals surface area contributed by atoms with Crippen molar-refractivity contribution in [3.8, 4) is 0 Å². The van der Waals surface area contributed by atoms with Gasteiger partial charge in [-0.15, -0.1) is 0 Å². The minimum absolute atomic E-state index is 0.149. The second kappa shape index (κ2) is 6.81. The number of aliphatic hydroxyl groups is 1. The molecule has 1 aromatic carbocycles. The number of hydrogen-bond acceptors (Lipinski definition) is 5. The number of ketones is 1. The number of aliphatic hydroxyl groups excluding tert-OH is 1. The van der Waals surface area contributed by atoms with Gasteiger partial charge in [0.15, 0.2) is 11.5 Å². The Labute approximate surface area is 135 Å². The molecule has 2 N–H and O–H groups in total. The number of carbonyl (C=O) groups excluding carboxylic acids is 3. The van der Waals surface area contributed by atoms with Crippen molar-refractivity contribution in [2.24, 2.45) is 5.92 Å². The summed E-state index contributed by atoms with van der Waals surface area (Å²) in [6, 6.07) is 4.37. The summed E-state index contributed by atoms with van der Waals surface area (Å²) in [5.74, 6) is -4.07. The quantitative estimate of drug-likeness (QED) is 0.379. The zero-order valence-corrected chi connectivity index (χ0v) is 12.6. The van der Waals surface area contributed by atoms with Gasteiger partial charge in [-0.2, -0.15) is 0 Å². The van der Waals surface area contributed by atoms with Crippen LogP contribution >= 0.6 is 23.2 Å². The lowest BCUT2D eigenvalue weighted by Gasteiger charge is -2.07. The van der Waals surface area contributed by atoms with Crippen LogP contribution in [0.3, 0.4) is 0 Å². The number of anilines is 1. The van der Waals surface area contributed by atoms with E-state index in [9.17, 15) is 19.5 Å². The van der Waals surface area contributed by atoms with E-state index in [1.807, 2.05) is 0 Å². The minimum atomic E-state index is -0.978. The Morgan fingerprint density at radius 2 is 2.09 bits per heavy atom. The van der Waals surface area contributed by atoms with Crippen LogP contribution in [0.2, 0.25) is 10.0 Å². The van der Waals surface area contributed by atoms with Gasteiger partial charge in [-0.25, -0.2) is 0 Å². The summed E-state index contributed by atoms with van der Waals surface area (Å²) >= 11 is 11.6. The first kappa shape index (κ1) is 16.3. The van der Waals surface area contributed by atoms with E-state index in [0.717, 1.165) is 0 Å². The minimum Gasteiger partial charge on any atom is -0.503 e. The molecule has 0 unspecified atom stereocenters. The van der Waals surface area contributed by atoms with Crippen LogP contribution in [0.4, 0.5) is 5.69 Å². The molecule has 1 atom stereocenters. The molecule has 116 valence electrons. The van der Waals surface area contributed by atoms with E-state index >= 15 is 0 Å². The van der Waals surface area contributed by atoms with Gasteiger partial charge in [0.2, 0.25) is 0 Å². The number of benzene rings is 1. The van der Waals surface area contributed by atoms with Gasteiger partial charge in [0, 0.05) is 17.5 Å². The van der Waals surface area contributed by atoms with E-state index in [-0.39, 0.29) is 23.7 Å². The molecule has 22 heavy (non-hydrogen) atoms. The van der Waals surface area contributed by atoms with E-state index in [4.69, 9.17) is 23.2 Å². The molecule has 2 rings (SSSR count). The Balaban J connectivity index is 2.06. The van der Waals surface area contributed by atoms with E-state index in [0.29, 0.717) is 11.1 Å². The Morgan fingerprint density at radius 1 is 1.36 bits per heavy atom. The zero-order chi connectivity index (χ0) is 16.3. The number of rotatable bonds is 4. The Hall–Kier alpha value is -2.05. The van der Waals surface area contributed by atoms with E-state index in [2.05, 4.69) is 10.1 Å². The standard InChI is InChI=1S/C14H11Cl2NO5/c15-7-1-2-10(9(16)5-7)17-13(20)12(19)6-11(18)8-3-4-22-14(8)21/h1-2,5-6,8,19H,3-4H2,(H,17,20)/b12-6+/t8-/m0/s1.